The minimum absolute atomic E-state index is 0.103. The van der Waals surface area contributed by atoms with E-state index >= 15 is 0 Å². The number of nitrogens with zero attached hydrogens (tertiary/aromatic N) is 4. The largest absolute Gasteiger partial charge is 0.419 e. The van der Waals surface area contributed by atoms with Crippen LogP contribution in [0.3, 0.4) is 0 Å². The highest BCUT2D eigenvalue weighted by molar-refractivity contribution is 5.80. The predicted molar refractivity (Wildman–Crippen MR) is 77.8 cm³/mol. The molecule has 1 amide bonds. The fraction of sp³-hybridized carbons (Fsp3) is 0.667. The Morgan fingerprint density at radius 3 is 2.17 bits per heavy atom. The number of aromatic nitrogens is 2. The molecule has 8 heteroatoms. The van der Waals surface area contributed by atoms with Crippen LogP contribution in [0.4, 0.5) is 19.1 Å². The molecule has 2 aliphatic heterocycles. The Hall–Kier alpha value is -1.86. The molecule has 3 rings (SSSR count). The van der Waals surface area contributed by atoms with Gasteiger partial charge in [-0.25, -0.2) is 9.97 Å². The number of hydrogen-bond acceptors (Lipinski definition) is 4. The fourth-order valence-electron chi connectivity index (χ4n) is 3.22. The van der Waals surface area contributed by atoms with Gasteiger partial charge in [-0.1, -0.05) is 6.92 Å². The normalized spacial score (nSPS) is 23.7. The fourth-order valence-corrected chi connectivity index (χ4v) is 3.22. The number of alkyl halides is 3. The second-order valence-electron chi connectivity index (χ2n) is 6.21. The summed E-state index contributed by atoms with van der Waals surface area (Å²) >= 11 is 0. The second kappa shape index (κ2) is 5.98. The summed E-state index contributed by atoms with van der Waals surface area (Å²) in [6, 6.07) is 0.221. The van der Waals surface area contributed by atoms with Crippen molar-refractivity contribution in [3.8, 4) is 0 Å². The van der Waals surface area contributed by atoms with Crippen LogP contribution < -0.4 is 4.90 Å². The van der Waals surface area contributed by atoms with Gasteiger partial charge in [0.05, 0.1) is 5.56 Å². The van der Waals surface area contributed by atoms with Gasteiger partial charge in [0.2, 0.25) is 11.9 Å². The van der Waals surface area contributed by atoms with Gasteiger partial charge in [-0.2, -0.15) is 13.2 Å². The van der Waals surface area contributed by atoms with Crippen molar-refractivity contribution in [3.63, 3.8) is 0 Å². The number of piperidine rings is 1. The van der Waals surface area contributed by atoms with Gasteiger partial charge < -0.3 is 9.80 Å². The molecule has 0 saturated carbocycles. The topological polar surface area (TPSA) is 49.3 Å². The first-order chi connectivity index (χ1) is 10.9. The third kappa shape index (κ3) is 3.25. The Balaban J connectivity index is 1.60. The maximum absolute atomic E-state index is 12.5. The zero-order chi connectivity index (χ0) is 16.6. The van der Waals surface area contributed by atoms with Crippen molar-refractivity contribution >= 4 is 11.9 Å². The van der Waals surface area contributed by atoms with Gasteiger partial charge >= 0.3 is 6.18 Å². The van der Waals surface area contributed by atoms with Crippen molar-refractivity contribution < 1.29 is 18.0 Å². The summed E-state index contributed by atoms with van der Waals surface area (Å²) in [5.74, 6) is 0.637. The standard InChI is InChI=1S/C15H19F3N4O/c1-10-2-7-22(13(10)23)12-3-5-21(6-4-12)14-19-8-11(9-20-14)15(16,17)18/h8-10,12H,2-7H2,1H3. The summed E-state index contributed by atoms with van der Waals surface area (Å²) in [5, 5.41) is 0. The van der Waals surface area contributed by atoms with E-state index in [2.05, 4.69) is 9.97 Å². The van der Waals surface area contributed by atoms with E-state index in [4.69, 9.17) is 0 Å². The van der Waals surface area contributed by atoms with E-state index in [1.807, 2.05) is 16.7 Å². The van der Waals surface area contributed by atoms with Gasteiger partial charge in [0.1, 0.15) is 0 Å². The molecule has 1 unspecified atom stereocenters. The molecule has 5 nitrogen and oxygen atoms in total. The Morgan fingerprint density at radius 1 is 1.09 bits per heavy atom. The number of anilines is 1. The van der Waals surface area contributed by atoms with Crippen LogP contribution in [0.15, 0.2) is 12.4 Å². The highest BCUT2D eigenvalue weighted by Crippen LogP contribution is 2.29. The lowest BCUT2D eigenvalue weighted by molar-refractivity contribution is -0.138. The van der Waals surface area contributed by atoms with Gasteiger partial charge in [0.25, 0.3) is 0 Å². The van der Waals surface area contributed by atoms with E-state index in [0.29, 0.717) is 19.0 Å². The van der Waals surface area contributed by atoms with E-state index in [0.717, 1.165) is 38.2 Å². The third-order valence-electron chi connectivity index (χ3n) is 4.66. The minimum Gasteiger partial charge on any atom is -0.341 e. The highest BCUT2D eigenvalue weighted by Gasteiger charge is 2.35. The monoisotopic (exact) mass is 328 g/mol. The first kappa shape index (κ1) is 16.0. The highest BCUT2D eigenvalue weighted by atomic mass is 19.4. The lowest BCUT2D eigenvalue weighted by atomic mass is 10.0. The summed E-state index contributed by atoms with van der Waals surface area (Å²) in [7, 11) is 0. The van der Waals surface area contributed by atoms with E-state index in [1.165, 1.54) is 0 Å². The number of rotatable bonds is 2. The molecule has 2 saturated heterocycles. The molecular weight excluding hydrogens is 309 g/mol. The number of carbonyl (C=O) groups is 1. The quantitative estimate of drug-likeness (QED) is 0.836. The zero-order valence-electron chi connectivity index (χ0n) is 12.9. The molecule has 0 N–H and O–H groups in total. The van der Waals surface area contributed by atoms with E-state index < -0.39 is 11.7 Å². The average molecular weight is 328 g/mol. The van der Waals surface area contributed by atoms with Gasteiger partial charge in [0.15, 0.2) is 0 Å². The number of likely N-dealkylation sites (tertiary alicyclic amines) is 1. The SMILES string of the molecule is CC1CCN(C2CCN(c3ncc(C(F)(F)F)cn3)CC2)C1=O. The minimum atomic E-state index is -4.42. The van der Waals surface area contributed by atoms with Gasteiger partial charge in [-0.05, 0) is 19.3 Å². The molecule has 3 heterocycles. The Labute approximate surface area is 132 Å². The van der Waals surface area contributed by atoms with Crippen LogP contribution in [-0.4, -0.2) is 46.5 Å². The van der Waals surface area contributed by atoms with Crippen molar-refractivity contribution in [2.45, 2.75) is 38.4 Å². The lowest BCUT2D eigenvalue weighted by Gasteiger charge is -2.36. The van der Waals surface area contributed by atoms with Crippen molar-refractivity contribution in [1.82, 2.24) is 14.9 Å². The van der Waals surface area contributed by atoms with Gasteiger partial charge in [0, 0.05) is 44.0 Å². The zero-order valence-corrected chi connectivity index (χ0v) is 12.9. The van der Waals surface area contributed by atoms with E-state index in [1.54, 1.807) is 0 Å². The van der Waals surface area contributed by atoms with Gasteiger partial charge in [-0.3, -0.25) is 4.79 Å². The van der Waals surface area contributed by atoms with Crippen LogP contribution in [0.25, 0.3) is 0 Å². The maximum Gasteiger partial charge on any atom is 0.419 e. The van der Waals surface area contributed by atoms with E-state index in [-0.39, 0.29) is 17.9 Å². The van der Waals surface area contributed by atoms with Gasteiger partial charge in [-0.15, -0.1) is 0 Å². The Morgan fingerprint density at radius 2 is 1.70 bits per heavy atom. The summed E-state index contributed by atoms with van der Waals surface area (Å²) in [5.41, 5.74) is -0.840. The van der Waals surface area contributed by atoms with Crippen LogP contribution in [-0.2, 0) is 11.0 Å². The molecular formula is C15H19F3N4O. The molecule has 1 aromatic heterocycles. The molecule has 126 valence electrons. The second-order valence-corrected chi connectivity index (χ2v) is 6.21. The number of amides is 1. The summed E-state index contributed by atoms with van der Waals surface area (Å²) in [6.45, 7) is 4.05. The first-order valence-corrected chi connectivity index (χ1v) is 7.81. The average Bonchev–Trinajstić information content (AvgIpc) is 2.86. The molecule has 0 aromatic carbocycles. The molecule has 2 aliphatic rings. The number of hydrogen-bond donors (Lipinski definition) is 0. The summed E-state index contributed by atoms with van der Waals surface area (Å²) in [4.78, 5) is 23.6. The van der Waals surface area contributed by atoms with Crippen molar-refractivity contribution in [3.05, 3.63) is 18.0 Å². The van der Waals surface area contributed by atoms with Crippen molar-refractivity contribution in [2.24, 2.45) is 5.92 Å². The molecule has 0 radical (unpaired) electrons. The van der Waals surface area contributed by atoms with Crippen LogP contribution >= 0.6 is 0 Å². The lowest BCUT2D eigenvalue weighted by Crippen LogP contribution is -2.46. The predicted octanol–water partition coefficient (Wildman–Crippen LogP) is 2.33. The van der Waals surface area contributed by atoms with Crippen LogP contribution in [0.2, 0.25) is 0 Å². The molecule has 0 aliphatic carbocycles. The molecule has 1 aromatic rings. The molecule has 0 spiro atoms. The third-order valence-corrected chi connectivity index (χ3v) is 4.66. The van der Waals surface area contributed by atoms with Crippen molar-refractivity contribution in [2.75, 3.05) is 24.5 Å². The molecule has 23 heavy (non-hydrogen) atoms. The molecule has 2 fully saturated rings. The van der Waals surface area contributed by atoms with Crippen molar-refractivity contribution in [1.29, 1.82) is 0 Å². The summed E-state index contributed by atoms with van der Waals surface area (Å²) in [6.07, 6.45) is -0.286. The van der Waals surface area contributed by atoms with Crippen LogP contribution in [0.5, 0.6) is 0 Å². The Bertz CT molecular complexity index is 567. The summed E-state index contributed by atoms with van der Waals surface area (Å²) < 4.78 is 37.6. The number of carbonyl (C=O) groups excluding carboxylic acids is 1. The molecule has 0 bridgehead atoms. The Kier molecular flexibility index (Phi) is 4.16. The van der Waals surface area contributed by atoms with E-state index in [9.17, 15) is 18.0 Å². The van der Waals surface area contributed by atoms with Crippen LogP contribution in [0, 0.1) is 5.92 Å². The first-order valence-electron chi connectivity index (χ1n) is 7.81. The smallest absolute Gasteiger partial charge is 0.341 e. The maximum atomic E-state index is 12.5. The van der Waals surface area contributed by atoms with Crippen LogP contribution in [0.1, 0.15) is 31.7 Å². The number of halogens is 3. The molecule has 1 atom stereocenters.